The van der Waals surface area contributed by atoms with Crippen LogP contribution in [0.2, 0.25) is 0 Å². The molecule has 0 spiro atoms. The molecule has 1 N–H and O–H groups in total. The van der Waals surface area contributed by atoms with Gasteiger partial charge in [-0.3, -0.25) is 0 Å². The minimum Gasteiger partial charge on any atom is -0.373 e. The molecule has 0 radical (unpaired) electrons. The van der Waals surface area contributed by atoms with E-state index in [4.69, 9.17) is 9.97 Å². The predicted octanol–water partition coefficient (Wildman–Crippen LogP) is 4.07. The standard InChI is InChI=1S/C16H27N3/c1-5-12-8-7-9-13(10-12)16-18-14(6-2)11(3)15(17-4)19-16/h12-13H,5-10H2,1-4H3,(H,17,18,19). The molecule has 1 fully saturated rings. The Balaban J connectivity index is 2.28. The molecule has 2 rings (SSSR count). The summed E-state index contributed by atoms with van der Waals surface area (Å²) in [7, 11) is 1.95. The van der Waals surface area contributed by atoms with Crippen LogP contribution in [0.25, 0.3) is 0 Å². The number of aromatic nitrogens is 2. The van der Waals surface area contributed by atoms with Crippen molar-refractivity contribution < 1.29 is 0 Å². The highest BCUT2D eigenvalue weighted by Crippen LogP contribution is 2.36. The zero-order valence-electron chi connectivity index (χ0n) is 12.8. The first kappa shape index (κ1) is 14.3. The summed E-state index contributed by atoms with van der Waals surface area (Å²) >= 11 is 0. The molecule has 1 aliphatic rings. The summed E-state index contributed by atoms with van der Waals surface area (Å²) < 4.78 is 0. The van der Waals surface area contributed by atoms with Crippen molar-refractivity contribution in [2.45, 2.75) is 65.2 Å². The summed E-state index contributed by atoms with van der Waals surface area (Å²) in [5, 5.41) is 3.22. The zero-order chi connectivity index (χ0) is 13.8. The van der Waals surface area contributed by atoms with Crippen LogP contribution in [0.4, 0.5) is 5.82 Å². The summed E-state index contributed by atoms with van der Waals surface area (Å²) in [5.74, 6) is 3.52. The molecule has 0 bridgehead atoms. The second-order valence-corrected chi connectivity index (χ2v) is 5.74. The fourth-order valence-corrected chi connectivity index (χ4v) is 3.25. The number of rotatable bonds is 4. The minimum absolute atomic E-state index is 0.566. The number of hydrogen-bond donors (Lipinski definition) is 1. The van der Waals surface area contributed by atoms with Crippen LogP contribution in [0.1, 0.15) is 69.0 Å². The van der Waals surface area contributed by atoms with E-state index in [0.29, 0.717) is 5.92 Å². The van der Waals surface area contributed by atoms with Crippen LogP contribution < -0.4 is 5.32 Å². The van der Waals surface area contributed by atoms with Crippen molar-refractivity contribution in [1.82, 2.24) is 9.97 Å². The van der Waals surface area contributed by atoms with Crippen molar-refractivity contribution in [2.75, 3.05) is 12.4 Å². The molecule has 3 nitrogen and oxygen atoms in total. The monoisotopic (exact) mass is 261 g/mol. The maximum atomic E-state index is 4.84. The normalized spacial score (nSPS) is 23.4. The molecule has 2 unspecified atom stereocenters. The number of nitrogens with zero attached hydrogens (tertiary/aromatic N) is 2. The van der Waals surface area contributed by atoms with Crippen molar-refractivity contribution in [1.29, 1.82) is 0 Å². The van der Waals surface area contributed by atoms with Gasteiger partial charge in [0.2, 0.25) is 0 Å². The van der Waals surface area contributed by atoms with Crippen LogP contribution in [0.3, 0.4) is 0 Å². The number of aryl methyl sites for hydroxylation is 1. The SMILES string of the molecule is CCc1nc(C2CCCC(CC)C2)nc(NC)c1C. The van der Waals surface area contributed by atoms with E-state index in [1.54, 1.807) is 0 Å². The van der Waals surface area contributed by atoms with E-state index < -0.39 is 0 Å². The third-order valence-corrected chi connectivity index (χ3v) is 4.56. The highest BCUT2D eigenvalue weighted by molar-refractivity contribution is 5.45. The molecule has 0 amide bonds. The lowest BCUT2D eigenvalue weighted by molar-refractivity contribution is 0.307. The molecule has 106 valence electrons. The highest BCUT2D eigenvalue weighted by Gasteiger charge is 2.25. The van der Waals surface area contributed by atoms with E-state index in [2.05, 4.69) is 26.1 Å². The second kappa shape index (κ2) is 6.36. The summed E-state index contributed by atoms with van der Waals surface area (Å²) in [6, 6.07) is 0. The minimum atomic E-state index is 0.566. The first-order chi connectivity index (χ1) is 9.19. The van der Waals surface area contributed by atoms with Gasteiger partial charge in [-0.2, -0.15) is 0 Å². The molecule has 1 heterocycles. The Morgan fingerprint density at radius 1 is 1.21 bits per heavy atom. The summed E-state index contributed by atoms with van der Waals surface area (Å²) in [5.41, 5.74) is 2.41. The van der Waals surface area contributed by atoms with Gasteiger partial charge in [0.1, 0.15) is 11.6 Å². The van der Waals surface area contributed by atoms with Crippen molar-refractivity contribution in [3.63, 3.8) is 0 Å². The summed E-state index contributed by atoms with van der Waals surface area (Å²) in [6.45, 7) is 6.60. The van der Waals surface area contributed by atoms with E-state index in [1.807, 2.05) is 7.05 Å². The number of anilines is 1. The second-order valence-electron chi connectivity index (χ2n) is 5.74. The molecule has 0 aromatic carbocycles. The molecule has 0 aliphatic heterocycles. The Morgan fingerprint density at radius 3 is 2.63 bits per heavy atom. The first-order valence-corrected chi connectivity index (χ1v) is 7.74. The van der Waals surface area contributed by atoms with E-state index in [9.17, 15) is 0 Å². The molecular formula is C16H27N3. The molecule has 2 atom stereocenters. The average Bonchev–Trinajstić information content (AvgIpc) is 2.47. The van der Waals surface area contributed by atoms with Crippen molar-refractivity contribution >= 4 is 5.82 Å². The predicted molar refractivity (Wildman–Crippen MR) is 80.7 cm³/mol. The van der Waals surface area contributed by atoms with Gasteiger partial charge in [-0.1, -0.05) is 33.1 Å². The molecule has 19 heavy (non-hydrogen) atoms. The Morgan fingerprint density at radius 2 is 2.00 bits per heavy atom. The van der Waals surface area contributed by atoms with Gasteiger partial charge >= 0.3 is 0 Å². The molecule has 0 saturated heterocycles. The van der Waals surface area contributed by atoms with Crippen molar-refractivity contribution in [3.8, 4) is 0 Å². The fourth-order valence-electron chi connectivity index (χ4n) is 3.25. The molecule has 3 heteroatoms. The number of nitrogens with one attached hydrogen (secondary N) is 1. The molecular weight excluding hydrogens is 234 g/mol. The van der Waals surface area contributed by atoms with E-state index >= 15 is 0 Å². The largest absolute Gasteiger partial charge is 0.373 e. The van der Waals surface area contributed by atoms with Crippen LogP contribution in [-0.2, 0) is 6.42 Å². The third-order valence-electron chi connectivity index (χ3n) is 4.56. The van der Waals surface area contributed by atoms with Gasteiger partial charge in [-0.05, 0) is 32.1 Å². The van der Waals surface area contributed by atoms with E-state index in [-0.39, 0.29) is 0 Å². The lowest BCUT2D eigenvalue weighted by Crippen LogP contribution is -2.17. The molecule has 1 saturated carbocycles. The van der Waals surface area contributed by atoms with Gasteiger partial charge < -0.3 is 5.32 Å². The molecule has 1 aromatic rings. The summed E-state index contributed by atoms with van der Waals surface area (Å²) in [4.78, 5) is 9.61. The maximum Gasteiger partial charge on any atom is 0.134 e. The topological polar surface area (TPSA) is 37.8 Å². The van der Waals surface area contributed by atoms with Crippen molar-refractivity contribution in [3.05, 3.63) is 17.1 Å². The Labute approximate surface area is 117 Å². The maximum absolute atomic E-state index is 4.84. The fraction of sp³-hybridized carbons (Fsp3) is 0.750. The van der Waals surface area contributed by atoms with Crippen LogP contribution in [0.15, 0.2) is 0 Å². The third kappa shape index (κ3) is 3.07. The highest BCUT2D eigenvalue weighted by atomic mass is 15.0. The Bertz CT molecular complexity index is 403. The van der Waals surface area contributed by atoms with Crippen molar-refractivity contribution in [2.24, 2.45) is 5.92 Å². The van der Waals surface area contributed by atoms with E-state index in [0.717, 1.165) is 24.0 Å². The Kier molecular flexibility index (Phi) is 4.78. The van der Waals surface area contributed by atoms with E-state index in [1.165, 1.54) is 43.4 Å². The number of hydrogen-bond acceptors (Lipinski definition) is 3. The quantitative estimate of drug-likeness (QED) is 0.887. The van der Waals surface area contributed by atoms with Gasteiger partial charge in [-0.15, -0.1) is 0 Å². The van der Waals surface area contributed by atoms with Crippen LogP contribution >= 0.6 is 0 Å². The Hall–Kier alpha value is -1.12. The lowest BCUT2D eigenvalue weighted by Gasteiger charge is -2.28. The van der Waals surface area contributed by atoms with Gasteiger partial charge in [-0.25, -0.2) is 9.97 Å². The smallest absolute Gasteiger partial charge is 0.134 e. The van der Waals surface area contributed by atoms with Crippen LogP contribution in [0, 0.1) is 12.8 Å². The average molecular weight is 261 g/mol. The van der Waals surface area contributed by atoms with Gasteiger partial charge in [0.05, 0.1) is 0 Å². The molecule has 1 aliphatic carbocycles. The summed E-state index contributed by atoms with van der Waals surface area (Å²) in [6.07, 6.45) is 7.52. The van der Waals surface area contributed by atoms with Gasteiger partial charge in [0, 0.05) is 24.2 Å². The van der Waals surface area contributed by atoms with Crippen LogP contribution in [0.5, 0.6) is 0 Å². The van der Waals surface area contributed by atoms with Gasteiger partial charge in [0.15, 0.2) is 0 Å². The molecule has 1 aromatic heterocycles. The lowest BCUT2D eigenvalue weighted by atomic mass is 9.80. The zero-order valence-corrected chi connectivity index (χ0v) is 12.8. The van der Waals surface area contributed by atoms with Gasteiger partial charge in [0.25, 0.3) is 0 Å². The van der Waals surface area contributed by atoms with Crippen LogP contribution in [-0.4, -0.2) is 17.0 Å². The first-order valence-electron chi connectivity index (χ1n) is 7.74.